The zero-order chi connectivity index (χ0) is 42.9. The molecule has 12 heteroatoms. The van der Waals surface area contributed by atoms with E-state index in [0.717, 1.165) is 34.9 Å². The molecule has 1 amide bonds. The lowest BCUT2D eigenvalue weighted by atomic mass is 9.99. The monoisotopic (exact) mass is 744 g/mol. The van der Waals surface area contributed by atoms with Crippen LogP contribution < -0.4 is 4.90 Å². The number of amides is 1. The highest BCUT2D eigenvalue weighted by atomic mass is 32.2. The second-order valence-corrected chi connectivity index (χ2v) is 13.4. The van der Waals surface area contributed by atoms with Crippen molar-refractivity contribution in [3.8, 4) is 11.1 Å². The molecule has 0 saturated carbocycles. The zero-order valence-corrected chi connectivity index (χ0v) is 28.6. The van der Waals surface area contributed by atoms with Crippen LogP contribution in [0.3, 0.4) is 0 Å². The maximum absolute atomic E-state index is 14.9. The number of thioether (sulfide) groups is 1. The van der Waals surface area contributed by atoms with E-state index in [0.29, 0.717) is 22.3 Å². The van der Waals surface area contributed by atoms with Gasteiger partial charge in [0.25, 0.3) is 0 Å². The molecule has 0 bridgehead atoms. The smallest absolute Gasteiger partial charge is 0.384 e. The summed E-state index contributed by atoms with van der Waals surface area (Å²) < 4.78 is 130. The van der Waals surface area contributed by atoms with Gasteiger partial charge in [0, 0.05) is 61.8 Å². The van der Waals surface area contributed by atoms with Crippen LogP contribution in [0.1, 0.15) is 50.8 Å². The van der Waals surface area contributed by atoms with Crippen molar-refractivity contribution in [2.75, 3.05) is 44.6 Å². The zero-order valence-electron chi connectivity index (χ0n) is 34.7. The lowest BCUT2D eigenvalue weighted by molar-refractivity contribution is -0.137. The SMILES string of the molecule is [2H]C([2H])([2H])OC([2H])([2H])CN1CCC(N(Cc2ccc(-c3ccc(C(F)(F)F)cc3)cc2)C(=O)C([2H])([2H])N2C(SCc3cccc(F)c3F)=CC(O)c3ccccc32)CC1. The molecule has 2 aliphatic heterocycles. The molecule has 274 valence electrons. The summed E-state index contributed by atoms with van der Waals surface area (Å²) >= 11 is 0.908. The van der Waals surface area contributed by atoms with Gasteiger partial charge in [-0.2, -0.15) is 13.2 Å². The predicted molar refractivity (Wildman–Crippen MR) is 193 cm³/mol. The van der Waals surface area contributed by atoms with Gasteiger partial charge < -0.3 is 24.5 Å². The van der Waals surface area contributed by atoms with E-state index in [-0.39, 0.29) is 61.1 Å². The van der Waals surface area contributed by atoms with Crippen molar-refractivity contribution < 1.29 is 46.2 Å². The van der Waals surface area contributed by atoms with Crippen LogP contribution in [0.4, 0.5) is 27.6 Å². The van der Waals surface area contributed by atoms with Gasteiger partial charge in [-0.05, 0) is 59.9 Å². The van der Waals surface area contributed by atoms with Crippen molar-refractivity contribution in [3.05, 3.63) is 136 Å². The van der Waals surface area contributed by atoms with Gasteiger partial charge in [-0.25, -0.2) is 8.78 Å². The minimum absolute atomic E-state index is 0.0159. The first-order valence-electron chi connectivity index (χ1n) is 20.0. The number of carbonyl (C=O) groups is 1. The number of halogens is 5. The Labute approximate surface area is 314 Å². The molecule has 1 fully saturated rings. The number of ether oxygens (including phenoxy) is 1. The van der Waals surface area contributed by atoms with Gasteiger partial charge in [0.2, 0.25) is 5.91 Å². The van der Waals surface area contributed by atoms with Gasteiger partial charge in [0.05, 0.1) is 26.7 Å². The molecule has 4 aromatic rings. The summed E-state index contributed by atoms with van der Waals surface area (Å²) in [7, 11) is -2.97. The van der Waals surface area contributed by atoms with Crippen molar-refractivity contribution in [2.45, 2.75) is 43.5 Å². The van der Waals surface area contributed by atoms with Crippen molar-refractivity contribution in [1.29, 1.82) is 0 Å². The number of anilines is 1. The lowest BCUT2D eigenvalue weighted by Crippen LogP contribution is -2.50. The molecule has 2 heterocycles. The second-order valence-electron chi connectivity index (χ2n) is 12.4. The number of aliphatic hydroxyl groups excluding tert-OH is 1. The Balaban J connectivity index is 1.31. The highest BCUT2D eigenvalue weighted by molar-refractivity contribution is 8.02. The number of hydrogen-bond acceptors (Lipinski definition) is 6. The van der Waals surface area contributed by atoms with Crippen LogP contribution in [0, 0.1) is 11.6 Å². The third kappa shape index (κ3) is 8.86. The highest BCUT2D eigenvalue weighted by Gasteiger charge is 2.33. The first kappa shape index (κ1) is 29.2. The molecule has 1 unspecified atom stereocenters. The summed E-state index contributed by atoms with van der Waals surface area (Å²) in [5.74, 6) is -3.29. The van der Waals surface area contributed by atoms with Crippen molar-refractivity contribution in [3.63, 3.8) is 0 Å². The maximum atomic E-state index is 14.9. The standard InChI is InChI=1S/C40H40F5N3O3S/c1-51-22-21-46-19-17-32(18-20-46)47(24-27-9-11-28(12-10-27)29-13-15-31(16-14-29)40(43,44)45)37(50)25-48-35-8-3-2-6-33(35)36(49)23-38(48)52-26-30-5-4-7-34(41)39(30)42/h2-16,23,32,36,49H,17-22,24-26H2,1H3/i1D3,22D2,25D2. The molecule has 0 aromatic heterocycles. The number of carbonyl (C=O) groups excluding carboxylic acids is 1. The van der Waals surface area contributed by atoms with Crippen LogP contribution >= 0.6 is 11.8 Å². The number of piperidine rings is 1. The Hall–Kier alpha value is -4.23. The Morgan fingerprint density at radius 2 is 1.67 bits per heavy atom. The molecule has 2 aliphatic rings. The van der Waals surface area contributed by atoms with Crippen LogP contribution in [0.15, 0.2) is 102 Å². The first-order valence-corrected chi connectivity index (χ1v) is 17.5. The summed E-state index contributed by atoms with van der Waals surface area (Å²) in [6.45, 7) is -5.44. The van der Waals surface area contributed by atoms with Gasteiger partial charge in [-0.1, -0.05) is 66.7 Å². The number of hydrogen-bond donors (Lipinski definition) is 1. The summed E-state index contributed by atoms with van der Waals surface area (Å²) in [6, 6.07) is 20.8. The molecule has 1 saturated heterocycles. The van der Waals surface area contributed by atoms with Crippen molar-refractivity contribution in [1.82, 2.24) is 9.80 Å². The van der Waals surface area contributed by atoms with E-state index in [4.69, 9.17) is 6.85 Å². The van der Waals surface area contributed by atoms with E-state index in [1.165, 1.54) is 41.3 Å². The Bertz CT molecular complexity index is 2150. The van der Waals surface area contributed by atoms with Gasteiger partial charge >= 0.3 is 6.18 Å². The number of nitrogens with zero attached hydrogens (tertiary/aromatic N) is 3. The lowest BCUT2D eigenvalue weighted by Gasteiger charge is -2.40. The van der Waals surface area contributed by atoms with Crippen LogP contribution in [0.25, 0.3) is 11.1 Å². The Kier molecular flexibility index (Phi) is 9.35. The number of aliphatic hydroxyl groups is 1. The number of benzene rings is 4. The number of likely N-dealkylation sites (tertiary alicyclic amines) is 1. The molecule has 1 atom stereocenters. The summed E-state index contributed by atoms with van der Waals surface area (Å²) in [4.78, 5) is 19.1. The molecular weight excluding hydrogens is 698 g/mol. The topological polar surface area (TPSA) is 56.2 Å². The van der Waals surface area contributed by atoms with Gasteiger partial charge in [0.1, 0.15) is 12.6 Å². The van der Waals surface area contributed by atoms with E-state index in [2.05, 4.69) is 4.74 Å². The third-order valence-electron chi connectivity index (χ3n) is 9.10. The van der Waals surface area contributed by atoms with Crippen molar-refractivity contribution >= 4 is 23.4 Å². The van der Waals surface area contributed by atoms with E-state index in [9.17, 15) is 34.6 Å². The van der Waals surface area contributed by atoms with Crippen LogP contribution in [0.5, 0.6) is 0 Å². The third-order valence-corrected chi connectivity index (χ3v) is 10.2. The molecule has 6 rings (SSSR count). The number of methoxy groups -OCH3 is 1. The summed E-state index contributed by atoms with van der Waals surface area (Å²) in [5, 5.41) is 11.2. The summed E-state index contributed by atoms with van der Waals surface area (Å²) in [6.07, 6.45) is -3.90. The average molecular weight is 745 g/mol. The minimum Gasteiger partial charge on any atom is -0.384 e. The molecule has 4 aromatic carbocycles. The number of alkyl halides is 3. The number of fused-ring (bicyclic) bond motifs is 1. The number of para-hydroxylation sites is 1. The van der Waals surface area contributed by atoms with Gasteiger partial charge in [-0.3, -0.25) is 4.79 Å². The molecule has 0 aliphatic carbocycles. The summed E-state index contributed by atoms with van der Waals surface area (Å²) in [5.41, 5.74) is 1.35. The molecule has 0 spiro atoms. The van der Waals surface area contributed by atoms with Crippen LogP contribution in [-0.2, 0) is 28.0 Å². The molecule has 0 radical (unpaired) electrons. The minimum atomic E-state index is -4.50. The van der Waals surface area contributed by atoms with Crippen LogP contribution in [-0.4, -0.2) is 66.6 Å². The van der Waals surface area contributed by atoms with E-state index in [1.807, 2.05) is 0 Å². The molecule has 52 heavy (non-hydrogen) atoms. The maximum Gasteiger partial charge on any atom is 0.416 e. The fourth-order valence-corrected chi connectivity index (χ4v) is 7.31. The van der Waals surface area contributed by atoms with E-state index < -0.39 is 61.5 Å². The molecular formula is C40H40F5N3O3S. The largest absolute Gasteiger partial charge is 0.416 e. The fourth-order valence-electron chi connectivity index (χ4n) is 6.29. The van der Waals surface area contributed by atoms with E-state index in [1.54, 1.807) is 47.4 Å². The predicted octanol–water partition coefficient (Wildman–Crippen LogP) is 8.42. The van der Waals surface area contributed by atoms with Crippen LogP contribution in [0.2, 0.25) is 0 Å². The quantitative estimate of drug-likeness (QED) is 0.147. The van der Waals surface area contributed by atoms with E-state index >= 15 is 0 Å². The first-order chi connectivity index (χ1) is 27.6. The van der Waals surface area contributed by atoms with Gasteiger partial charge in [-0.15, -0.1) is 11.8 Å². The van der Waals surface area contributed by atoms with Gasteiger partial charge in [0.15, 0.2) is 11.6 Å². The second kappa shape index (κ2) is 16.6. The normalized spacial score (nSPS) is 19.6. The Morgan fingerprint density at radius 1 is 0.981 bits per heavy atom. The average Bonchev–Trinajstić information content (AvgIpc) is 3.16. The molecule has 6 nitrogen and oxygen atoms in total. The number of rotatable bonds is 12. The van der Waals surface area contributed by atoms with Crippen molar-refractivity contribution in [2.24, 2.45) is 0 Å². The highest BCUT2D eigenvalue weighted by Crippen LogP contribution is 2.41. The Morgan fingerprint density at radius 3 is 2.37 bits per heavy atom. The molecule has 1 N–H and O–H groups in total. The fraction of sp³-hybridized carbons (Fsp3) is 0.325.